The highest BCUT2D eigenvalue weighted by Gasteiger charge is 2.24. The van der Waals surface area contributed by atoms with Gasteiger partial charge < -0.3 is 10.2 Å². The van der Waals surface area contributed by atoms with E-state index in [0.29, 0.717) is 6.04 Å². The maximum absolute atomic E-state index is 4.84. The maximum Gasteiger partial charge on any atom is 0.195 e. The molecule has 20 heavy (non-hydrogen) atoms. The smallest absolute Gasteiger partial charge is 0.195 e. The van der Waals surface area contributed by atoms with Gasteiger partial charge in [-0.05, 0) is 26.2 Å². The Morgan fingerprint density at radius 1 is 1.55 bits per heavy atom. The van der Waals surface area contributed by atoms with Gasteiger partial charge in [-0.15, -0.1) is 11.3 Å². The Kier molecular flexibility index (Phi) is 3.98. The highest BCUT2D eigenvalue weighted by atomic mass is 32.1. The van der Waals surface area contributed by atoms with Gasteiger partial charge in [0.05, 0.1) is 5.69 Å². The first-order chi connectivity index (χ1) is 9.70. The predicted octanol–water partition coefficient (Wildman–Crippen LogP) is 3.27. The highest BCUT2D eigenvalue weighted by molar-refractivity contribution is 7.15. The molecule has 0 saturated heterocycles. The van der Waals surface area contributed by atoms with Crippen LogP contribution in [0.1, 0.15) is 45.2 Å². The summed E-state index contributed by atoms with van der Waals surface area (Å²) in [6.07, 6.45) is 7.20. The van der Waals surface area contributed by atoms with Gasteiger partial charge in [0.2, 0.25) is 0 Å². The molecule has 3 rings (SSSR count). The van der Waals surface area contributed by atoms with Crippen molar-refractivity contribution in [2.24, 2.45) is 0 Å². The Bertz CT molecular complexity index is 569. The lowest BCUT2D eigenvalue weighted by atomic mass is 10.1. The van der Waals surface area contributed by atoms with Gasteiger partial charge in [0, 0.05) is 37.3 Å². The molecule has 0 amide bonds. The van der Waals surface area contributed by atoms with Crippen molar-refractivity contribution < 1.29 is 0 Å². The van der Waals surface area contributed by atoms with Gasteiger partial charge in [-0.1, -0.05) is 13.3 Å². The van der Waals surface area contributed by atoms with Crippen LogP contribution in [-0.2, 0) is 6.54 Å². The number of hydrogen-bond donors (Lipinski definition) is 1. The van der Waals surface area contributed by atoms with Gasteiger partial charge >= 0.3 is 0 Å². The molecule has 0 bridgehead atoms. The van der Waals surface area contributed by atoms with Gasteiger partial charge in [-0.3, -0.25) is 4.40 Å². The number of nitrogens with one attached hydrogen (secondary N) is 1. The van der Waals surface area contributed by atoms with Crippen molar-refractivity contribution in [2.45, 2.75) is 58.2 Å². The van der Waals surface area contributed by atoms with Crippen LogP contribution in [0.2, 0.25) is 0 Å². The minimum absolute atomic E-state index is 0.532. The molecule has 2 aromatic rings. The van der Waals surface area contributed by atoms with Crippen LogP contribution >= 0.6 is 11.3 Å². The first-order valence-corrected chi connectivity index (χ1v) is 8.49. The molecule has 110 valence electrons. The van der Waals surface area contributed by atoms with Gasteiger partial charge in [0.25, 0.3) is 0 Å². The number of hydrogen-bond acceptors (Lipinski definition) is 4. The number of fused-ring (bicyclic) bond motifs is 1. The van der Waals surface area contributed by atoms with E-state index < -0.39 is 0 Å². The van der Waals surface area contributed by atoms with Crippen LogP contribution in [0.15, 0.2) is 11.6 Å². The first kappa shape index (κ1) is 13.9. The quantitative estimate of drug-likeness (QED) is 0.850. The average Bonchev–Trinajstić information content (AvgIpc) is 3.04. The summed E-state index contributed by atoms with van der Waals surface area (Å²) < 4.78 is 2.24. The standard InChI is InChI=1S/C15H24N4S/c1-4-5-11(2)18(3)14-13(10-16-12-6-7-12)19-8-9-20-15(19)17-14/h8-9,11-12,16H,4-7,10H2,1-3H3. The number of imidazole rings is 1. The predicted molar refractivity (Wildman–Crippen MR) is 85.7 cm³/mol. The van der Waals surface area contributed by atoms with Gasteiger partial charge in [0.15, 0.2) is 10.8 Å². The van der Waals surface area contributed by atoms with Crippen LogP contribution in [0.5, 0.6) is 0 Å². The van der Waals surface area contributed by atoms with Crippen molar-refractivity contribution in [3.63, 3.8) is 0 Å². The fraction of sp³-hybridized carbons (Fsp3) is 0.667. The topological polar surface area (TPSA) is 32.6 Å². The van der Waals surface area contributed by atoms with Crippen LogP contribution in [0, 0.1) is 0 Å². The van der Waals surface area contributed by atoms with Crippen molar-refractivity contribution in [1.82, 2.24) is 14.7 Å². The minimum Gasteiger partial charge on any atom is -0.355 e. The Morgan fingerprint density at radius 2 is 2.35 bits per heavy atom. The molecule has 2 aromatic heterocycles. The van der Waals surface area contributed by atoms with E-state index in [1.54, 1.807) is 11.3 Å². The van der Waals surface area contributed by atoms with E-state index in [1.807, 2.05) is 0 Å². The van der Waals surface area contributed by atoms with E-state index >= 15 is 0 Å². The summed E-state index contributed by atoms with van der Waals surface area (Å²) in [4.78, 5) is 8.28. The molecule has 1 aliphatic carbocycles. The molecule has 2 heterocycles. The number of anilines is 1. The molecule has 0 aliphatic heterocycles. The second-order valence-corrected chi connectivity index (χ2v) is 6.71. The molecule has 1 unspecified atom stereocenters. The van der Waals surface area contributed by atoms with Crippen LogP contribution < -0.4 is 10.2 Å². The third-order valence-electron chi connectivity index (χ3n) is 4.18. The van der Waals surface area contributed by atoms with E-state index in [1.165, 1.54) is 31.4 Å². The summed E-state index contributed by atoms with van der Waals surface area (Å²) in [5.74, 6) is 1.14. The molecule has 4 nitrogen and oxygen atoms in total. The minimum atomic E-state index is 0.532. The SMILES string of the molecule is CCCC(C)N(C)c1nc2sccn2c1CNC1CC1. The van der Waals surface area contributed by atoms with Gasteiger partial charge in [0.1, 0.15) is 0 Å². The maximum atomic E-state index is 4.84. The summed E-state index contributed by atoms with van der Waals surface area (Å²) >= 11 is 1.71. The molecule has 0 spiro atoms. The van der Waals surface area contributed by atoms with E-state index in [-0.39, 0.29) is 0 Å². The molecular formula is C15H24N4S. The number of nitrogens with zero attached hydrogens (tertiary/aromatic N) is 3. The van der Waals surface area contributed by atoms with Gasteiger partial charge in [-0.2, -0.15) is 0 Å². The van der Waals surface area contributed by atoms with E-state index in [0.717, 1.165) is 23.4 Å². The summed E-state index contributed by atoms with van der Waals surface area (Å²) in [5.41, 5.74) is 1.30. The van der Waals surface area contributed by atoms with Crippen molar-refractivity contribution in [3.05, 3.63) is 17.3 Å². The zero-order valence-electron chi connectivity index (χ0n) is 12.6. The summed E-state index contributed by atoms with van der Waals surface area (Å²) in [5, 5.41) is 5.74. The lowest BCUT2D eigenvalue weighted by Gasteiger charge is -2.25. The Balaban J connectivity index is 1.87. The second-order valence-electron chi connectivity index (χ2n) is 5.84. The Morgan fingerprint density at radius 3 is 3.05 bits per heavy atom. The first-order valence-electron chi connectivity index (χ1n) is 7.61. The molecule has 1 fully saturated rings. The molecule has 5 heteroatoms. The van der Waals surface area contributed by atoms with Gasteiger partial charge in [-0.25, -0.2) is 4.98 Å². The van der Waals surface area contributed by atoms with Crippen LogP contribution in [0.3, 0.4) is 0 Å². The van der Waals surface area contributed by atoms with Crippen LogP contribution in [0.4, 0.5) is 5.82 Å². The lowest BCUT2D eigenvalue weighted by Crippen LogP contribution is -2.30. The number of rotatable bonds is 7. The number of thiazole rings is 1. The van der Waals surface area contributed by atoms with Crippen molar-refractivity contribution >= 4 is 22.1 Å². The largest absolute Gasteiger partial charge is 0.355 e. The zero-order valence-corrected chi connectivity index (χ0v) is 13.4. The molecule has 1 N–H and O–H groups in total. The third-order valence-corrected chi connectivity index (χ3v) is 4.93. The lowest BCUT2D eigenvalue weighted by molar-refractivity contribution is 0.604. The third kappa shape index (κ3) is 2.69. The molecule has 1 atom stereocenters. The molecular weight excluding hydrogens is 268 g/mol. The van der Waals surface area contributed by atoms with E-state index in [9.17, 15) is 0 Å². The monoisotopic (exact) mass is 292 g/mol. The summed E-state index contributed by atoms with van der Waals surface area (Å²) in [7, 11) is 2.17. The molecule has 1 aliphatic rings. The number of aromatic nitrogens is 2. The van der Waals surface area contributed by atoms with Crippen molar-refractivity contribution in [2.75, 3.05) is 11.9 Å². The fourth-order valence-corrected chi connectivity index (χ4v) is 3.34. The molecule has 0 radical (unpaired) electrons. The van der Waals surface area contributed by atoms with E-state index in [2.05, 4.69) is 47.1 Å². The highest BCUT2D eigenvalue weighted by Crippen LogP contribution is 2.27. The van der Waals surface area contributed by atoms with Crippen molar-refractivity contribution in [3.8, 4) is 0 Å². The molecule has 1 saturated carbocycles. The second kappa shape index (κ2) is 5.74. The normalized spacial score (nSPS) is 16.8. The Hall–Kier alpha value is -1.07. The summed E-state index contributed by atoms with van der Waals surface area (Å²) in [6, 6.07) is 1.26. The summed E-state index contributed by atoms with van der Waals surface area (Å²) in [6.45, 7) is 5.45. The van der Waals surface area contributed by atoms with Crippen LogP contribution in [-0.4, -0.2) is 28.5 Å². The molecule has 0 aromatic carbocycles. The van der Waals surface area contributed by atoms with Crippen molar-refractivity contribution in [1.29, 1.82) is 0 Å². The Labute approximate surface area is 124 Å². The van der Waals surface area contributed by atoms with Crippen LogP contribution in [0.25, 0.3) is 4.96 Å². The van der Waals surface area contributed by atoms with E-state index in [4.69, 9.17) is 4.98 Å². The average molecular weight is 292 g/mol. The fourth-order valence-electron chi connectivity index (χ4n) is 2.62. The zero-order chi connectivity index (χ0) is 14.1.